The van der Waals surface area contributed by atoms with E-state index in [0.717, 1.165) is 34.3 Å². The number of rotatable bonds is 7. The number of nitrogens with zero attached hydrogens (tertiary/aromatic N) is 3. The van der Waals surface area contributed by atoms with Gasteiger partial charge in [-0.25, -0.2) is 4.98 Å². The highest BCUT2D eigenvalue weighted by Crippen LogP contribution is 2.35. The van der Waals surface area contributed by atoms with Crippen LogP contribution in [-0.4, -0.2) is 21.4 Å². The minimum absolute atomic E-state index is 0.271. The molecule has 4 rings (SSSR count). The number of hydrogen-bond acceptors (Lipinski definition) is 4. The Morgan fingerprint density at radius 2 is 1.90 bits per heavy atom. The van der Waals surface area contributed by atoms with Crippen molar-refractivity contribution >= 4 is 16.6 Å². The number of nitrogens with one attached hydrogen (secondary N) is 1. The highest BCUT2D eigenvalue weighted by atomic mass is 16.5. The molecule has 0 saturated heterocycles. The summed E-state index contributed by atoms with van der Waals surface area (Å²) in [5, 5.41) is 9.35. The van der Waals surface area contributed by atoms with E-state index in [1.807, 2.05) is 31.3 Å². The maximum absolute atomic E-state index is 5.76. The van der Waals surface area contributed by atoms with E-state index in [4.69, 9.17) is 4.74 Å². The van der Waals surface area contributed by atoms with Gasteiger partial charge >= 0.3 is 0 Å². The lowest BCUT2D eigenvalue weighted by atomic mass is 10.0. The van der Waals surface area contributed by atoms with E-state index in [9.17, 15) is 0 Å². The zero-order chi connectivity index (χ0) is 20.2. The summed E-state index contributed by atoms with van der Waals surface area (Å²) in [6.07, 6.45) is 3.70. The van der Waals surface area contributed by atoms with Gasteiger partial charge in [0.1, 0.15) is 0 Å². The number of hydrogen-bond donors (Lipinski definition) is 1. The number of aromatic nitrogens is 3. The molecule has 5 heteroatoms. The zero-order valence-corrected chi connectivity index (χ0v) is 17.1. The van der Waals surface area contributed by atoms with E-state index in [1.165, 1.54) is 5.56 Å². The number of fused-ring (bicyclic) bond motifs is 1. The fourth-order valence-electron chi connectivity index (χ4n) is 3.53. The fourth-order valence-corrected chi connectivity index (χ4v) is 3.53. The van der Waals surface area contributed by atoms with Crippen LogP contribution < -0.4 is 10.1 Å². The predicted molar refractivity (Wildman–Crippen MR) is 118 cm³/mol. The largest absolute Gasteiger partial charge is 0.478 e. The van der Waals surface area contributed by atoms with Crippen LogP contribution in [0.15, 0.2) is 67.0 Å². The van der Waals surface area contributed by atoms with Crippen LogP contribution in [0.1, 0.15) is 32.4 Å². The predicted octanol–water partition coefficient (Wildman–Crippen LogP) is 5.69. The van der Waals surface area contributed by atoms with Crippen molar-refractivity contribution in [3.8, 4) is 17.0 Å². The Balaban J connectivity index is 1.81. The number of pyridine rings is 1. The summed E-state index contributed by atoms with van der Waals surface area (Å²) < 4.78 is 7.83. The number of ether oxygens (including phenoxy) is 1. The molecule has 0 radical (unpaired) electrons. The van der Waals surface area contributed by atoms with Gasteiger partial charge < -0.3 is 10.1 Å². The highest BCUT2D eigenvalue weighted by Gasteiger charge is 2.15. The molecule has 0 fully saturated rings. The second kappa shape index (κ2) is 8.35. The Labute approximate surface area is 171 Å². The molecule has 5 nitrogen and oxygen atoms in total. The molecule has 0 aliphatic rings. The maximum atomic E-state index is 5.76. The molecule has 2 aromatic carbocycles. The molecule has 0 saturated carbocycles. The molecule has 0 amide bonds. The van der Waals surface area contributed by atoms with Crippen LogP contribution in [0, 0.1) is 0 Å². The van der Waals surface area contributed by atoms with Crippen LogP contribution in [-0.2, 0) is 6.54 Å². The van der Waals surface area contributed by atoms with E-state index in [0.29, 0.717) is 12.5 Å². The first-order valence-corrected chi connectivity index (χ1v) is 10.0. The summed E-state index contributed by atoms with van der Waals surface area (Å²) >= 11 is 0. The molecule has 2 aromatic heterocycles. The second-order valence-corrected chi connectivity index (χ2v) is 7.27. The summed E-state index contributed by atoms with van der Waals surface area (Å²) in [7, 11) is 0. The van der Waals surface area contributed by atoms with Gasteiger partial charge in [-0.3, -0.25) is 4.68 Å². The van der Waals surface area contributed by atoms with Gasteiger partial charge in [-0.1, -0.05) is 30.3 Å². The van der Waals surface area contributed by atoms with Crippen molar-refractivity contribution in [3.63, 3.8) is 0 Å². The average molecular weight is 386 g/mol. The van der Waals surface area contributed by atoms with E-state index in [-0.39, 0.29) is 6.04 Å². The van der Waals surface area contributed by atoms with Gasteiger partial charge in [-0.15, -0.1) is 0 Å². The molecular weight excluding hydrogens is 360 g/mol. The van der Waals surface area contributed by atoms with E-state index < -0.39 is 0 Å². The number of benzene rings is 2. The molecule has 0 unspecified atom stereocenters. The molecular formula is C24H26N4O. The van der Waals surface area contributed by atoms with Crippen molar-refractivity contribution in [2.75, 3.05) is 11.9 Å². The molecule has 2 heterocycles. The van der Waals surface area contributed by atoms with Crippen LogP contribution >= 0.6 is 0 Å². The van der Waals surface area contributed by atoms with Gasteiger partial charge in [0.2, 0.25) is 5.88 Å². The lowest BCUT2D eigenvalue weighted by molar-refractivity contribution is 0.328. The Bertz CT molecular complexity index is 1100. The molecule has 0 spiro atoms. The molecule has 0 aliphatic carbocycles. The minimum Gasteiger partial charge on any atom is -0.478 e. The van der Waals surface area contributed by atoms with Gasteiger partial charge in [0, 0.05) is 29.7 Å². The summed E-state index contributed by atoms with van der Waals surface area (Å²) in [6.45, 7) is 7.59. The van der Waals surface area contributed by atoms with Crippen LogP contribution in [0.25, 0.3) is 22.0 Å². The van der Waals surface area contributed by atoms with Gasteiger partial charge in [0.15, 0.2) is 0 Å². The first-order chi connectivity index (χ1) is 14.2. The lowest BCUT2D eigenvalue weighted by Crippen LogP contribution is -2.06. The topological polar surface area (TPSA) is 52.0 Å². The first-order valence-electron chi connectivity index (χ1n) is 10.0. The van der Waals surface area contributed by atoms with Gasteiger partial charge in [-0.05, 0) is 56.2 Å². The Morgan fingerprint density at radius 3 is 2.66 bits per heavy atom. The molecule has 0 atom stereocenters. The third-order valence-electron chi connectivity index (χ3n) is 4.87. The lowest BCUT2D eigenvalue weighted by Gasteiger charge is -2.16. The monoisotopic (exact) mass is 386 g/mol. The van der Waals surface area contributed by atoms with Gasteiger partial charge in [-0.2, -0.15) is 5.10 Å². The molecule has 4 aromatic rings. The Hall–Kier alpha value is -3.34. The quantitative estimate of drug-likeness (QED) is 0.443. The highest BCUT2D eigenvalue weighted by molar-refractivity contribution is 5.95. The molecule has 0 aliphatic heterocycles. The van der Waals surface area contributed by atoms with E-state index in [1.54, 1.807) is 6.20 Å². The molecule has 1 N–H and O–H groups in total. The Kier molecular flexibility index (Phi) is 5.47. The normalized spacial score (nSPS) is 11.2. The fraction of sp³-hybridized carbons (Fsp3) is 0.250. The molecule has 0 bridgehead atoms. The van der Waals surface area contributed by atoms with Crippen molar-refractivity contribution in [1.29, 1.82) is 0 Å². The van der Waals surface area contributed by atoms with Crippen molar-refractivity contribution < 1.29 is 4.74 Å². The Morgan fingerprint density at radius 1 is 1.07 bits per heavy atom. The van der Waals surface area contributed by atoms with Crippen LogP contribution in [0.4, 0.5) is 5.69 Å². The SMILES string of the molecule is CCOc1ncccc1-c1cc(NCc2ccccc2)c2c(cnn2C(C)C)c1. The zero-order valence-electron chi connectivity index (χ0n) is 17.1. The average Bonchev–Trinajstić information content (AvgIpc) is 3.18. The van der Waals surface area contributed by atoms with Crippen LogP contribution in [0.3, 0.4) is 0 Å². The molecule has 148 valence electrons. The summed E-state index contributed by atoms with van der Waals surface area (Å²) in [5.74, 6) is 0.652. The standard InChI is InChI=1S/C24H26N4O/c1-4-29-24-21(11-8-12-25-24)19-13-20-16-27-28(17(2)3)23(20)22(14-19)26-15-18-9-6-5-7-10-18/h5-14,16-17,26H,4,15H2,1-3H3. The maximum Gasteiger partial charge on any atom is 0.221 e. The summed E-state index contributed by atoms with van der Waals surface area (Å²) in [5.41, 5.74) is 5.45. The van der Waals surface area contributed by atoms with Gasteiger partial charge in [0.05, 0.1) is 24.0 Å². The number of anilines is 1. The van der Waals surface area contributed by atoms with Crippen molar-refractivity contribution in [1.82, 2.24) is 14.8 Å². The molecule has 29 heavy (non-hydrogen) atoms. The smallest absolute Gasteiger partial charge is 0.221 e. The third-order valence-corrected chi connectivity index (χ3v) is 4.87. The minimum atomic E-state index is 0.271. The van der Waals surface area contributed by atoms with Crippen molar-refractivity contribution in [3.05, 3.63) is 72.6 Å². The van der Waals surface area contributed by atoms with Crippen molar-refractivity contribution in [2.24, 2.45) is 0 Å². The van der Waals surface area contributed by atoms with Crippen LogP contribution in [0.5, 0.6) is 5.88 Å². The van der Waals surface area contributed by atoms with Crippen LogP contribution in [0.2, 0.25) is 0 Å². The summed E-state index contributed by atoms with van der Waals surface area (Å²) in [6, 6.07) is 19.0. The third kappa shape index (κ3) is 3.94. The van der Waals surface area contributed by atoms with E-state index >= 15 is 0 Å². The first kappa shape index (κ1) is 19.0. The van der Waals surface area contributed by atoms with E-state index in [2.05, 4.69) is 70.3 Å². The van der Waals surface area contributed by atoms with Crippen molar-refractivity contribution in [2.45, 2.75) is 33.4 Å². The summed E-state index contributed by atoms with van der Waals surface area (Å²) in [4.78, 5) is 4.42. The second-order valence-electron chi connectivity index (χ2n) is 7.27. The van der Waals surface area contributed by atoms with Gasteiger partial charge in [0.25, 0.3) is 0 Å².